The number of benzene rings is 2. The molecular weight excluding hydrogens is 344 g/mol. The molecule has 0 unspecified atom stereocenters. The third kappa shape index (κ3) is 3.04. The first-order valence-electron chi connectivity index (χ1n) is 8.17. The quantitative estimate of drug-likeness (QED) is 0.505. The number of carboxylic acids is 2. The average molecular weight is 358 g/mol. The Morgan fingerprint density at radius 1 is 0.778 bits per heavy atom. The van der Waals surface area contributed by atoms with Crippen LogP contribution in [0.1, 0.15) is 20.7 Å². The third-order valence-electron chi connectivity index (χ3n) is 4.44. The lowest BCUT2D eigenvalue weighted by atomic mass is 10.0. The van der Waals surface area contributed by atoms with Crippen LogP contribution < -0.4 is 0 Å². The summed E-state index contributed by atoms with van der Waals surface area (Å²) in [6.45, 7) is 0. The number of aromatic amines is 1. The van der Waals surface area contributed by atoms with Crippen LogP contribution in [0.5, 0.6) is 0 Å². The number of hydrogen-bond acceptors (Lipinski definition) is 3. The molecule has 0 saturated heterocycles. The molecule has 27 heavy (non-hydrogen) atoms. The van der Waals surface area contributed by atoms with Gasteiger partial charge in [0.2, 0.25) is 0 Å². The van der Waals surface area contributed by atoms with Gasteiger partial charge in [0.05, 0.1) is 11.1 Å². The lowest BCUT2D eigenvalue weighted by Crippen LogP contribution is -1.95. The molecule has 2 aromatic heterocycles. The second-order valence-electron chi connectivity index (χ2n) is 6.09. The van der Waals surface area contributed by atoms with E-state index in [0.29, 0.717) is 0 Å². The predicted molar refractivity (Wildman–Crippen MR) is 101 cm³/mol. The molecule has 0 fully saturated rings. The summed E-state index contributed by atoms with van der Waals surface area (Å²) in [5.41, 5.74) is 4.71. The maximum absolute atomic E-state index is 11.0. The highest BCUT2D eigenvalue weighted by Gasteiger charge is 2.11. The molecule has 0 aliphatic rings. The first-order chi connectivity index (χ1) is 13.0. The number of carbonyl (C=O) groups is 2. The summed E-state index contributed by atoms with van der Waals surface area (Å²) in [6.07, 6.45) is 3.57. The number of rotatable bonds is 4. The highest BCUT2D eigenvalue weighted by Crippen LogP contribution is 2.31. The smallest absolute Gasteiger partial charge is 0.335 e. The Bertz CT molecular complexity index is 1160. The summed E-state index contributed by atoms with van der Waals surface area (Å²) in [7, 11) is 0. The lowest BCUT2D eigenvalue weighted by Gasteiger charge is -2.04. The number of aromatic nitrogens is 2. The van der Waals surface area contributed by atoms with Crippen molar-refractivity contribution in [2.45, 2.75) is 0 Å². The maximum Gasteiger partial charge on any atom is 0.335 e. The third-order valence-corrected chi connectivity index (χ3v) is 4.44. The van der Waals surface area contributed by atoms with Crippen molar-refractivity contribution in [3.8, 4) is 22.3 Å². The van der Waals surface area contributed by atoms with Gasteiger partial charge in [-0.25, -0.2) is 14.6 Å². The van der Waals surface area contributed by atoms with E-state index < -0.39 is 11.9 Å². The van der Waals surface area contributed by atoms with E-state index in [1.54, 1.807) is 54.7 Å². The lowest BCUT2D eigenvalue weighted by molar-refractivity contribution is 0.0686. The van der Waals surface area contributed by atoms with Crippen molar-refractivity contribution in [1.82, 2.24) is 9.97 Å². The molecular formula is C21H14N2O4. The van der Waals surface area contributed by atoms with Gasteiger partial charge < -0.3 is 15.2 Å². The number of hydrogen-bond donors (Lipinski definition) is 3. The summed E-state index contributed by atoms with van der Waals surface area (Å²) in [4.78, 5) is 29.6. The van der Waals surface area contributed by atoms with Crippen LogP contribution in [0.15, 0.2) is 67.0 Å². The molecule has 6 heteroatoms. The van der Waals surface area contributed by atoms with Crippen LogP contribution >= 0.6 is 0 Å². The molecule has 2 aromatic carbocycles. The van der Waals surface area contributed by atoms with Gasteiger partial charge in [0.25, 0.3) is 0 Å². The highest BCUT2D eigenvalue weighted by atomic mass is 16.4. The van der Waals surface area contributed by atoms with Crippen LogP contribution in [0, 0.1) is 0 Å². The van der Waals surface area contributed by atoms with Gasteiger partial charge >= 0.3 is 11.9 Å². The molecule has 6 nitrogen and oxygen atoms in total. The Morgan fingerprint density at radius 2 is 1.33 bits per heavy atom. The van der Waals surface area contributed by atoms with Crippen molar-refractivity contribution in [3.05, 3.63) is 78.1 Å². The van der Waals surface area contributed by atoms with E-state index in [-0.39, 0.29) is 11.1 Å². The Labute approximate surface area is 153 Å². The zero-order valence-electron chi connectivity index (χ0n) is 14.0. The fourth-order valence-corrected chi connectivity index (χ4v) is 3.00. The Hall–Kier alpha value is -3.93. The van der Waals surface area contributed by atoms with E-state index in [2.05, 4.69) is 9.97 Å². The summed E-state index contributed by atoms with van der Waals surface area (Å²) in [6, 6.07) is 15.3. The van der Waals surface area contributed by atoms with E-state index in [9.17, 15) is 9.59 Å². The molecule has 4 rings (SSSR count). The van der Waals surface area contributed by atoms with Crippen LogP contribution in [0.25, 0.3) is 33.3 Å². The van der Waals surface area contributed by atoms with E-state index >= 15 is 0 Å². The molecule has 2 heterocycles. The fourth-order valence-electron chi connectivity index (χ4n) is 3.00. The molecule has 4 aromatic rings. The van der Waals surface area contributed by atoms with E-state index in [4.69, 9.17) is 10.2 Å². The summed E-state index contributed by atoms with van der Waals surface area (Å²) < 4.78 is 0. The molecule has 0 bridgehead atoms. The zero-order chi connectivity index (χ0) is 19.0. The zero-order valence-corrected chi connectivity index (χ0v) is 14.0. The monoisotopic (exact) mass is 358 g/mol. The Morgan fingerprint density at radius 3 is 1.89 bits per heavy atom. The number of nitrogens with one attached hydrogen (secondary N) is 1. The number of nitrogens with zero attached hydrogens (tertiary/aromatic N) is 1. The van der Waals surface area contributed by atoms with Gasteiger partial charge in [0, 0.05) is 28.9 Å². The number of H-pyrrole nitrogens is 1. The average Bonchev–Trinajstić information content (AvgIpc) is 3.11. The van der Waals surface area contributed by atoms with Gasteiger partial charge in [-0.05, 0) is 41.5 Å². The summed E-state index contributed by atoms with van der Waals surface area (Å²) in [5, 5.41) is 19.0. The van der Waals surface area contributed by atoms with Crippen LogP contribution in [0.3, 0.4) is 0 Å². The standard InChI is InChI=1S/C21H14N2O4/c24-20(25)14-5-1-12(2-6-14)16-9-17-18(11-23-19(17)22-10-16)13-3-7-15(8-4-13)21(26)27/h1-11H,(H,22,23)(H,24,25)(H,26,27). The van der Waals surface area contributed by atoms with Gasteiger partial charge in [0.15, 0.2) is 0 Å². The molecule has 0 aliphatic heterocycles. The molecule has 0 aliphatic carbocycles. The molecule has 3 N–H and O–H groups in total. The predicted octanol–water partition coefficient (Wildman–Crippen LogP) is 4.29. The van der Waals surface area contributed by atoms with Crippen molar-refractivity contribution in [2.75, 3.05) is 0 Å². The van der Waals surface area contributed by atoms with Crippen molar-refractivity contribution >= 4 is 23.0 Å². The summed E-state index contributed by atoms with van der Waals surface area (Å²) in [5.74, 6) is -1.93. The first kappa shape index (κ1) is 16.5. The van der Waals surface area contributed by atoms with E-state index in [1.165, 1.54) is 0 Å². The second-order valence-corrected chi connectivity index (χ2v) is 6.09. The van der Waals surface area contributed by atoms with Crippen LogP contribution in [-0.4, -0.2) is 32.1 Å². The number of carboxylic acid groups (broad SMARTS) is 2. The maximum atomic E-state index is 11.0. The minimum atomic E-state index is -0.965. The van der Waals surface area contributed by atoms with Gasteiger partial charge in [-0.1, -0.05) is 24.3 Å². The van der Waals surface area contributed by atoms with Gasteiger partial charge in [-0.15, -0.1) is 0 Å². The molecule has 0 amide bonds. The van der Waals surface area contributed by atoms with Gasteiger partial charge in [-0.3, -0.25) is 0 Å². The number of fused-ring (bicyclic) bond motifs is 1. The number of pyridine rings is 1. The SMILES string of the molecule is O=C(O)c1ccc(-c2cnc3[nH]cc(-c4ccc(C(=O)O)cc4)c3c2)cc1. The molecule has 0 spiro atoms. The van der Waals surface area contributed by atoms with E-state index in [1.807, 2.05) is 12.3 Å². The van der Waals surface area contributed by atoms with Gasteiger partial charge in [0.1, 0.15) is 5.65 Å². The minimum Gasteiger partial charge on any atom is -0.478 e. The molecule has 132 valence electrons. The second kappa shape index (κ2) is 6.42. The Balaban J connectivity index is 1.77. The first-order valence-corrected chi connectivity index (χ1v) is 8.17. The van der Waals surface area contributed by atoms with Crippen molar-refractivity contribution in [1.29, 1.82) is 0 Å². The topological polar surface area (TPSA) is 103 Å². The van der Waals surface area contributed by atoms with Crippen molar-refractivity contribution in [3.63, 3.8) is 0 Å². The molecule has 0 atom stereocenters. The fraction of sp³-hybridized carbons (Fsp3) is 0. The number of aromatic carboxylic acids is 2. The van der Waals surface area contributed by atoms with Gasteiger partial charge in [-0.2, -0.15) is 0 Å². The molecule has 0 saturated carbocycles. The van der Waals surface area contributed by atoms with Crippen molar-refractivity contribution < 1.29 is 19.8 Å². The normalized spacial score (nSPS) is 10.8. The largest absolute Gasteiger partial charge is 0.478 e. The minimum absolute atomic E-state index is 0.230. The van der Waals surface area contributed by atoms with E-state index in [0.717, 1.165) is 33.3 Å². The van der Waals surface area contributed by atoms with Crippen molar-refractivity contribution in [2.24, 2.45) is 0 Å². The van der Waals surface area contributed by atoms with Crippen LogP contribution in [0.2, 0.25) is 0 Å². The Kier molecular flexibility index (Phi) is 3.93. The highest BCUT2D eigenvalue weighted by molar-refractivity contribution is 5.97. The van der Waals surface area contributed by atoms with Crippen LogP contribution in [0.4, 0.5) is 0 Å². The van der Waals surface area contributed by atoms with Crippen LogP contribution in [-0.2, 0) is 0 Å². The summed E-state index contributed by atoms with van der Waals surface area (Å²) >= 11 is 0. The molecule has 0 radical (unpaired) electrons.